The summed E-state index contributed by atoms with van der Waals surface area (Å²) in [6.07, 6.45) is -15.6. The van der Waals surface area contributed by atoms with Crippen LogP contribution in [0.2, 0.25) is 0 Å². The van der Waals surface area contributed by atoms with Gasteiger partial charge in [0.1, 0.15) is 116 Å². The molecule has 622 valence electrons. The van der Waals surface area contributed by atoms with Crippen molar-refractivity contribution < 1.29 is 153 Å². The first-order chi connectivity index (χ1) is 51.3. The third kappa shape index (κ3) is 29.0. The predicted molar refractivity (Wildman–Crippen MR) is 378 cm³/mol. The SMILES string of the molecule is CCCCCCCC/C=C\CCCCCCCC(=O)NC(COC1OC(CO)C(OC2OC(CO)C(OC3OC(CO)C(O)C(OC4OC(CO)C(O)C(O)C4O)C3NC(C)=O)C(OC3(C(=O)O)CC(O)C(NC(C)=O)C(C(O)C(O)CO)O3)C2O)C(O)C1O)[C@@H](O)C=CCCCCCCCCCCCCC. The Morgan fingerprint density at radius 2 is 0.935 bits per heavy atom. The number of ether oxygens (including phenoxy) is 10. The Bertz CT molecular complexity index is 2550. The molecule has 0 aliphatic carbocycles. The second kappa shape index (κ2) is 49.7. The van der Waals surface area contributed by atoms with E-state index in [9.17, 15) is 106 Å². The smallest absolute Gasteiger partial charge is 0.364 e. The summed E-state index contributed by atoms with van der Waals surface area (Å²) in [7, 11) is 0. The van der Waals surface area contributed by atoms with Crippen LogP contribution in [-0.4, -0.2) is 321 Å². The number of rotatable bonds is 51. The van der Waals surface area contributed by atoms with E-state index in [-0.39, 0.29) is 6.42 Å². The summed E-state index contributed by atoms with van der Waals surface area (Å²) in [4.78, 5) is 53.0. The van der Waals surface area contributed by atoms with Crippen molar-refractivity contribution in [1.29, 1.82) is 0 Å². The number of amides is 3. The Hall–Kier alpha value is -3.68. The maximum absolute atomic E-state index is 13.8. The minimum atomic E-state index is -3.38. The monoisotopic (exact) mass is 1540 g/mol. The summed E-state index contributed by atoms with van der Waals surface area (Å²) < 4.78 is 60.1. The molecule has 20 N–H and O–H groups in total. The molecule has 3 amide bonds. The summed E-state index contributed by atoms with van der Waals surface area (Å²) in [5.41, 5.74) is 0. The van der Waals surface area contributed by atoms with Crippen LogP contribution in [0.5, 0.6) is 0 Å². The van der Waals surface area contributed by atoms with Crippen molar-refractivity contribution in [3.63, 3.8) is 0 Å². The maximum Gasteiger partial charge on any atom is 0.364 e. The van der Waals surface area contributed by atoms with Gasteiger partial charge in [-0.15, -0.1) is 0 Å². The summed E-state index contributed by atoms with van der Waals surface area (Å²) in [5.74, 6) is -7.72. The van der Waals surface area contributed by atoms with Gasteiger partial charge in [-0.25, -0.2) is 4.79 Å². The van der Waals surface area contributed by atoms with Gasteiger partial charge in [0.2, 0.25) is 17.7 Å². The molecule has 5 heterocycles. The third-order valence-corrected chi connectivity index (χ3v) is 20.2. The Kier molecular flexibility index (Phi) is 43.7. The van der Waals surface area contributed by atoms with E-state index in [1.54, 1.807) is 0 Å². The van der Waals surface area contributed by atoms with Gasteiger partial charge in [0.15, 0.2) is 25.2 Å². The number of aliphatic carboxylic acids is 1. The number of nitrogens with one attached hydrogen (secondary N) is 3. The van der Waals surface area contributed by atoms with E-state index in [4.69, 9.17) is 47.4 Å². The van der Waals surface area contributed by atoms with E-state index in [1.165, 1.54) is 89.5 Å². The average Bonchev–Trinajstić information content (AvgIpc) is 0.754. The van der Waals surface area contributed by atoms with Crippen LogP contribution in [0.4, 0.5) is 0 Å². The van der Waals surface area contributed by atoms with E-state index in [0.29, 0.717) is 12.8 Å². The van der Waals surface area contributed by atoms with Crippen molar-refractivity contribution in [1.82, 2.24) is 16.0 Å². The van der Waals surface area contributed by atoms with Crippen LogP contribution in [0.15, 0.2) is 24.3 Å². The van der Waals surface area contributed by atoms with Crippen molar-refractivity contribution in [2.75, 3.05) is 39.6 Å². The highest BCUT2D eigenvalue weighted by atomic mass is 16.8. The lowest BCUT2D eigenvalue weighted by Crippen LogP contribution is -2.72. The molecule has 34 nitrogen and oxygen atoms in total. The van der Waals surface area contributed by atoms with Gasteiger partial charge >= 0.3 is 5.97 Å². The Balaban J connectivity index is 1.40. The fourth-order valence-electron chi connectivity index (χ4n) is 14.0. The van der Waals surface area contributed by atoms with Crippen molar-refractivity contribution in [3.8, 4) is 0 Å². The lowest BCUT2D eigenvalue weighted by molar-refractivity contribution is -0.403. The van der Waals surface area contributed by atoms with Crippen molar-refractivity contribution in [2.24, 2.45) is 0 Å². The van der Waals surface area contributed by atoms with E-state index < -0.39 is 241 Å². The Morgan fingerprint density at radius 3 is 1.47 bits per heavy atom. The van der Waals surface area contributed by atoms with Gasteiger partial charge < -0.3 is 150 Å². The van der Waals surface area contributed by atoms with Crippen LogP contribution in [0.25, 0.3) is 0 Å². The zero-order valence-electron chi connectivity index (χ0n) is 62.6. The normalized spacial score (nSPS) is 34.7. The van der Waals surface area contributed by atoms with Gasteiger partial charge in [-0.1, -0.05) is 154 Å². The van der Waals surface area contributed by atoms with Crippen molar-refractivity contribution in [2.45, 2.75) is 372 Å². The second-order valence-corrected chi connectivity index (χ2v) is 28.9. The average molecular weight is 1540 g/mol. The van der Waals surface area contributed by atoms with Gasteiger partial charge in [-0.3, -0.25) is 14.4 Å². The largest absolute Gasteiger partial charge is 0.477 e. The number of aliphatic hydroxyl groups is 16. The second-order valence-electron chi connectivity index (χ2n) is 28.9. The predicted octanol–water partition coefficient (Wildman–Crippen LogP) is -1.27. The molecule has 28 atom stereocenters. The number of allylic oxidation sites excluding steroid dienone is 3. The maximum atomic E-state index is 13.8. The van der Waals surface area contributed by atoms with Gasteiger partial charge in [0.05, 0.1) is 63.9 Å². The molecule has 5 aliphatic heterocycles. The number of carbonyl (C=O) groups is 4. The molecule has 27 unspecified atom stereocenters. The first-order valence-electron chi connectivity index (χ1n) is 38.7. The summed E-state index contributed by atoms with van der Waals surface area (Å²) in [6, 6.07) is -4.82. The lowest BCUT2D eigenvalue weighted by atomic mass is 9.88. The molecule has 5 aliphatic rings. The summed E-state index contributed by atoms with van der Waals surface area (Å²) in [6.45, 7) is 0.287. The Labute approximate surface area is 627 Å². The van der Waals surface area contributed by atoms with Crippen LogP contribution < -0.4 is 16.0 Å². The molecule has 5 rings (SSSR count). The van der Waals surface area contributed by atoms with Gasteiger partial charge in [0.25, 0.3) is 5.79 Å². The zero-order chi connectivity index (χ0) is 78.8. The third-order valence-electron chi connectivity index (χ3n) is 20.2. The van der Waals surface area contributed by atoms with Gasteiger partial charge in [-0.05, 0) is 44.9 Å². The van der Waals surface area contributed by atoms with Crippen LogP contribution in [0.3, 0.4) is 0 Å². The lowest BCUT2D eigenvalue weighted by Gasteiger charge is -2.52. The van der Waals surface area contributed by atoms with E-state index in [1.807, 2.05) is 6.08 Å². The number of carboxylic acid groups (broad SMARTS) is 1. The molecular formula is C73H129N3O31. The molecule has 0 bridgehead atoms. The number of unbranched alkanes of at least 4 members (excludes halogenated alkanes) is 22. The van der Waals surface area contributed by atoms with Crippen LogP contribution >= 0.6 is 0 Å². The Morgan fingerprint density at radius 1 is 0.486 bits per heavy atom. The fourth-order valence-corrected chi connectivity index (χ4v) is 14.0. The fraction of sp³-hybridized carbons (Fsp3) is 0.890. The topological polar surface area (TPSA) is 541 Å². The summed E-state index contributed by atoms with van der Waals surface area (Å²) in [5, 5.41) is 197. The van der Waals surface area contributed by atoms with Gasteiger partial charge in [-0.2, -0.15) is 0 Å². The molecule has 0 radical (unpaired) electrons. The molecule has 0 aromatic carbocycles. The summed E-state index contributed by atoms with van der Waals surface area (Å²) >= 11 is 0. The molecule has 0 aromatic heterocycles. The quantitative estimate of drug-likeness (QED) is 0.0249. The van der Waals surface area contributed by atoms with Gasteiger partial charge in [0, 0.05) is 26.7 Å². The molecule has 34 heteroatoms. The highest BCUT2D eigenvalue weighted by Crippen LogP contribution is 2.41. The molecule has 0 spiro atoms. The van der Waals surface area contributed by atoms with Crippen LogP contribution in [0, 0.1) is 0 Å². The number of carbonyl (C=O) groups excluding carboxylic acids is 3. The zero-order valence-corrected chi connectivity index (χ0v) is 62.6. The van der Waals surface area contributed by atoms with Crippen LogP contribution in [-0.2, 0) is 66.5 Å². The number of aliphatic hydroxyl groups excluding tert-OH is 16. The molecule has 0 saturated carbocycles. The van der Waals surface area contributed by atoms with E-state index in [0.717, 1.165) is 78.1 Å². The number of hydrogen-bond acceptors (Lipinski definition) is 30. The molecule has 107 heavy (non-hydrogen) atoms. The number of hydrogen-bond donors (Lipinski definition) is 20. The minimum absolute atomic E-state index is 0.121. The number of carboxylic acids is 1. The molecule has 5 fully saturated rings. The first kappa shape index (κ1) is 93.9. The molecular weight excluding hydrogens is 1410 g/mol. The highest BCUT2D eigenvalue weighted by molar-refractivity contribution is 5.77. The standard InChI is InChI=1S/C73H129N3O31/c1-5-7-9-11-13-15-17-19-20-22-24-26-28-30-32-34-52(87)76-44(45(84)33-31-29-27-25-23-21-18-16-14-12-10-8-6-2)41-98-69-61(94)59(92)63(50(39-80)101-69)103-71-62(95)67(107-73(72(96)97)35-46(85)53(74-42(3)82)66(106-73)55(88)47(86)36-77)64(51(40-81)102-71)104-68-54(75-43(4)83)65(57(90)49(38-79)99-68)105-70-60(93)58(91)56(89)48(37-78)100-70/h19-20,31,33,44-51,53-71,77-81,84-86,88-95H,5-18,21-30,32,34-41H2,1-4H3,(H,74,82)(H,75,83)(H,76,87)(H,96,97)/b20-19-,33-31?/t44?,45-,46?,47?,48?,49?,50?,51?,53?,54?,55?,56?,57?,58?,59?,60?,61?,62?,63?,64?,65?,66?,67?,68?,69?,70?,71?,73?/m0/s1. The molecule has 0 aromatic rings. The highest BCUT2D eigenvalue weighted by Gasteiger charge is 2.62. The van der Waals surface area contributed by atoms with E-state index >= 15 is 0 Å². The first-order valence-corrected chi connectivity index (χ1v) is 38.7. The van der Waals surface area contributed by atoms with Crippen molar-refractivity contribution >= 4 is 23.7 Å². The van der Waals surface area contributed by atoms with Crippen LogP contribution in [0.1, 0.15) is 201 Å². The van der Waals surface area contributed by atoms with Crippen molar-refractivity contribution in [3.05, 3.63) is 24.3 Å². The molecule has 5 saturated heterocycles. The minimum Gasteiger partial charge on any atom is -0.477 e. The van der Waals surface area contributed by atoms with E-state index in [2.05, 4.69) is 41.9 Å².